The smallest absolute Gasteiger partial charge is 0.529 e. The fourth-order valence-corrected chi connectivity index (χ4v) is 3.15. The third kappa shape index (κ3) is 7.47. The first-order valence-electron chi connectivity index (χ1n) is 7.45. The first kappa shape index (κ1) is 22.1. The average Bonchev–Trinajstić information content (AvgIpc) is 2.89. The van der Waals surface area contributed by atoms with Gasteiger partial charge in [-0.05, 0) is 30.0 Å². The molecule has 124 valence electrons. The van der Waals surface area contributed by atoms with Crippen molar-refractivity contribution in [2.24, 2.45) is 11.8 Å². The van der Waals surface area contributed by atoms with Crippen LogP contribution in [0.15, 0.2) is 29.2 Å². The van der Waals surface area contributed by atoms with Crippen LogP contribution in [0.3, 0.4) is 0 Å². The van der Waals surface area contributed by atoms with Crippen molar-refractivity contribution < 1.29 is 91.0 Å². The second-order valence-corrected chi connectivity index (χ2v) is 7.62. The van der Waals surface area contributed by atoms with Crippen LogP contribution in [0.4, 0.5) is 0 Å². The zero-order valence-electron chi connectivity index (χ0n) is 14.2. The Bertz CT molecular complexity index is 588. The van der Waals surface area contributed by atoms with E-state index in [9.17, 15) is 8.42 Å². The molecule has 0 spiro atoms. The molecule has 0 aromatic heterocycles. The molecule has 2 atom stereocenters. The maximum absolute atomic E-state index is 12.1. The first-order chi connectivity index (χ1) is 10.4. The summed E-state index contributed by atoms with van der Waals surface area (Å²) in [6, 6.07) is 6.62. The van der Waals surface area contributed by atoms with Gasteiger partial charge in [-0.15, -0.1) is 5.92 Å². The normalized spacial score (nSPS) is 21.4. The molecule has 7 heteroatoms. The molecule has 1 saturated heterocycles. The molecule has 1 fully saturated rings. The van der Waals surface area contributed by atoms with Gasteiger partial charge in [-0.3, -0.25) is 4.18 Å². The van der Waals surface area contributed by atoms with Crippen molar-refractivity contribution in [3.63, 3.8) is 0 Å². The molecule has 1 heterocycles. The molecule has 0 radical (unpaired) electrons. The summed E-state index contributed by atoms with van der Waals surface area (Å²) < 4.78 is 40.2. The van der Waals surface area contributed by atoms with Crippen LogP contribution in [-0.4, -0.2) is 21.3 Å². The minimum atomic E-state index is -3.72. The topological polar surface area (TPSA) is 61.8 Å². The third-order valence-corrected chi connectivity index (χ3v) is 4.48. The van der Waals surface area contributed by atoms with E-state index in [0.29, 0.717) is 12.5 Å². The minimum Gasteiger partial charge on any atom is -0.529 e. The average molecular weight is 460 g/mol. The van der Waals surface area contributed by atoms with Gasteiger partial charge >= 0.3 is 68.9 Å². The number of hydrogen-bond donors (Lipinski definition) is 0. The van der Waals surface area contributed by atoms with Crippen molar-refractivity contribution in [1.29, 1.82) is 0 Å². The van der Waals surface area contributed by atoms with E-state index in [4.69, 9.17) is 13.7 Å². The molecule has 0 bridgehead atoms. The van der Waals surface area contributed by atoms with E-state index in [1.807, 2.05) is 19.9 Å². The van der Waals surface area contributed by atoms with Crippen LogP contribution < -0.4 is 68.9 Å². The van der Waals surface area contributed by atoms with Gasteiger partial charge in [-0.25, -0.2) is 6.61 Å². The number of benzene rings is 1. The Morgan fingerprint density at radius 1 is 1.39 bits per heavy atom. The van der Waals surface area contributed by atoms with E-state index >= 15 is 0 Å². The van der Waals surface area contributed by atoms with Crippen LogP contribution in [0, 0.1) is 18.4 Å². The molecule has 1 aromatic carbocycles. The van der Waals surface area contributed by atoms with Gasteiger partial charge in [-0.2, -0.15) is 8.42 Å². The van der Waals surface area contributed by atoms with Gasteiger partial charge in [0.15, 0.2) is 0 Å². The monoisotopic (exact) mass is 460 g/mol. The van der Waals surface area contributed by atoms with E-state index in [1.165, 1.54) is 6.07 Å². The quantitative estimate of drug-likeness (QED) is 0.427. The van der Waals surface area contributed by atoms with Crippen molar-refractivity contribution in [3.8, 4) is 0 Å². The minimum absolute atomic E-state index is 0. The predicted octanol–water partition coefficient (Wildman–Crippen LogP) is 0.113. The molecule has 23 heavy (non-hydrogen) atoms. The summed E-state index contributed by atoms with van der Waals surface area (Å²) in [5, 5.41) is 0. The largest absolute Gasteiger partial charge is 1.00 e. The molecule has 0 saturated carbocycles. The van der Waals surface area contributed by atoms with Crippen LogP contribution in [0.1, 0.15) is 32.8 Å². The van der Waals surface area contributed by atoms with Crippen LogP contribution in [-0.2, 0) is 30.4 Å². The fraction of sp³-hybridized carbons (Fsp3) is 0.562. The molecule has 1 unspecified atom stereocenters. The van der Waals surface area contributed by atoms with Crippen LogP contribution >= 0.6 is 0 Å². The van der Waals surface area contributed by atoms with Crippen LogP contribution in [0.25, 0.3) is 0 Å². The second kappa shape index (κ2) is 10.3. The maximum Gasteiger partial charge on any atom is 1.00 e. The van der Waals surface area contributed by atoms with Crippen molar-refractivity contribution in [2.75, 3.05) is 6.61 Å². The standard InChI is InChI=1S/C16H23O5S.Cs/c1-12(2)9-21-22(17,18)15-6-4-5-14(8-15)11-20-16-7-13(3)10-19-16;/h4-6,8,10,12-13,16H,7,9,11H2,1-3H3;/q-1;+1/t13-,16?;/m1./s1. The summed E-state index contributed by atoms with van der Waals surface area (Å²) in [5.41, 5.74) is 0.775. The molecular formula is C16H23CsO5S. The Balaban J connectivity index is 0.00000264. The van der Waals surface area contributed by atoms with E-state index < -0.39 is 10.1 Å². The van der Waals surface area contributed by atoms with Gasteiger partial charge in [0, 0.05) is 0 Å². The molecule has 1 aliphatic heterocycles. The third-order valence-electron chi connectivity index (χ3n) is 3.21. The molecule has 5 nitrogen and oxygen atoms in total. The zero-order valence-corrected chi connectivity index (χ0v) is 21.3. The summed E-state index contributed by atoms with van der Waals surface area (Å²) in [5.74, 6) is 0.528. The van der Waals surface area contributed by atoms with E-state index in [2.05, 4.69) is 6.92 Å². The van der Waals surface area contributed by atoms with Gasteiger partial charge in [0.25, 0.3) is 10.1 Å². The first-order valence-corrected chi connectivity index (χ1v) is 8.86. The fourth-order valence-electron chi connectivity index (χ4n) is 2.02. The van der Waals surface area contributed by atoms with Crippen molar-refractivity contribution in [2.45, 2.75) is 45.0 Å². The molecule has 0 N–H and O–H groups in total. The van der Waals surface area contributed by atoms with E-state index in [1.54, 1.807) is 18.7 Å². The van der Waals surface area contributed by atoms with Crippen molar-refractivity contribution in [1.82, 2.24) is 0 Å². The Kier molecular flexibility index (Phi) is 9.92. The Morgan fingerprint density at radius 2 is 2.13 bits per heavy atom. The van der Waals surface area contributed by atoms with Crippen LogP contribution in [0.5, 0.6) is 0 Å². The SMILES string of the molecule is CC(C)COS(=O)(=O)c1cccc(COC2C[C@@H](C)[CH-]O2)c1.[Cs+]. The number of ether oxygens (including phenoxy) is 2. The van der Waals surface area contributed by atoms with Crippen LogP contribution in [0.2, 0.25) is 0 Å². The van der Waals surface area contributed by atoms with Gasteiger partial charge in [0.1, 0.15) is 6.29 Å². The van der Waals surface area contributed by atoms with Crippen molar-refractivity contribution >= 4 is 10.1 Å². The molecule has 0 amide bonds. The number of rotatable bonds is 7. The van der Waals surface area contributed by atoms with E-state index in [-0.39, 0.29) is 92.6 Å². The summed E-state index contributed by atoms with van der Waals surface area (Å²) in [4.78, 5) is 0.154. The summed E-state index contributed by atoms with van der Waals surface area (Å²) >= 11 is 0. The predicted molar refractivity (Wildman–Crippen MR) is 82.2 cm³/mol. The molecule has 2 rings (SSSR count). The Hall–Kier alpha value is 1.10. The van der Waals surface area contributed by atoms with Gasteiger partial charge in [-0.1, -0.05) is 32.9 Å². The second-order valence-electron chi connectivity index (χ2n) is 6.01. The van der Waals surface area contributed by atoms with Crippen molar-refractivity contribution in [3.05, 3.63) is 36.4 Å². The zero-order chi connectivity index (χ0) is 16.2. The van der Waals surface area contributed by atoms with Gasteiger partial charge in [0.05, 0.1) is 18.1 Å². The number of hydrogen-bond acceptors (Lipinski definition) is 5. The summed E-state index contributed by atoms with van der Waals surface area (Å²) in [6.07, 6.45) is 0.558. The van der Waals surface area contributed by atoms with Gasteiger partial charge < -0.3 is 9.47 Å². The summed E-state index contributed by atoms with van der Waals surface area (Å²) in [6.45, 7) is 8.11. The molecule has 1 aliphatic rings. The molecule has 1 aromatic rings. The Labute approximate surface area is 198 Å². The van der Waals surface area contributed by atoms with Gasteiger partial charge in [0.2, 0.25) is 0 Å². The molecular weight excluding hydrogens is 437 g/mol. The summed E-state index contributed by atoms with van der Waals surface area (Å²) in [7, 11) is -3.72. The molecule has 0 aliphatic carbocycles. The van der Waals surface area contributed by atoms with E-state index in [0.717, 1.165) is 12.0 Å². The Morgan fingerprint density at radius 3 is 2.74 bits per heavy atom. The maximum atomic E-state index is 12.1.